The molecule has 0 fully saturated rings. The van der Waals surface area contributed by atoms with Crippen LogP contribution >= 0.6 is 11.8 Å². The molecule has 0 saturated heterocycles. The fraction of sp³-hybridized carbons (Fsp3) is 0.176. The molecule has 120 valence electrons. The highest BCUT2D eigenvalue weighted by Crippen LogP contribution is 2.35. The minimum Gasteiger partial charge on any atom is -0.383 e. The molecular formula is C17H15N5OS. The lowest BCUT2D eigenvalue weighted by atomic mass is 9.97. The third-order valence-electron chi connectivity index (χ3n) is 3.19. The Morgan fingerprint density at radius 3 is 2.50 bits per heavy atom. The second kappa shape index (κ2) is 8.00. The molecule has 24 heavy (non-hydrogen) atoms. The molecule has 2 aromatic rings. The van der Waals surface area contributed by atoms with Crippen molar-refractivity contribution in [1.29, 1.82) is 10.5 Å². The van der Waals surface area contributed by atoms with Crippen molar-refractivity contribution in [2.24, 2.45) is 0 Å². The van der Waals surface area contributed by atoms with Crippen molar-refractivity contribution in [2.75, 3.05) is 18.0 Å². The van der Waals surface area contributed by atoms with Gasteiger partial charge in [0.15, 0.2) is 0 Å². The maximum atomic E-state index is 10.9. The molecule has 1 heterocycles. The molecule has 0 aliphatic rings. The largest absolute Gasteiger partial charge is 0.383 e. The number of nitrogens with two attached hydrogens (primary N) is 1. The maximum Gasteiger partial charge on any atom is 0.216 e. The molecule has 0 unspecified atom stereocenters. The van der Waals surface area contributed by atoms with E-state index in [4.69, 9.17) is 5.73 Å². The van der Waals surface area contributed by atoms with Crippen molar-refractivity contribution in [3.63, 3.8) is 0 Å². The average Bonchev–Trinajstić information content (AvgIpc) is 2.58. The predicted octanol–water partition coefficient (Wildman–Crippen LogP) is 2.30. The normalized spacial score (nSPS) is 9.79. The molecule has 3 N–H and O–H groups in total. The number of pyridine rings is 1. The van der Waals surface area contributed by atoms with Crippen LogP contribution < -0.4 is 11.1 Å². The van der Waals surface area contributed by atoms with Gasteiger partial charge < -0.3 is 11.1 Å². The Kier molecular flexibility index (Phi) is 5.78. The van der Waals surface area contributed by atoms with E-state index in [0.717, 1.165) is 5.56 Å². The Balaban J connectivity index is 2.47. The highest BCUT2D eigenvalue weighted by Gasteiger charge is 2.20. The van der Waals surface area contributed by atoms with Gasteiger partial charge >= 0.3 is 0 Å². The number of nitrogens with zero attached hydrogens (tertiary/aromatic N) is 3. The zero-order valence-electron chi connectivity index (χ0n) is 13.0. The Bertz CT molecular complexity index is 837. The monoisotopic (exact) mass is 337 g/mol. The Hall–Kier alpha value is -3.03. The maximum absolute atomic E-state index is 10.9. The van der Waals surface area contributed by atoms with Crippen LogP contribution in [0.25, 0.3) is 11.1 Å². The number of benzene rings is 1. The van der Waals surface area contributed by atoms with Gasteiger partial charge in [-0.15, -0.1) is 11.8 Å². The molecule has 0 spiro atoms. The summed E-state index contributed by atoms with van der Waals surface area (Å²) in [5.41, 5.74) is 7.67. The summed E-state index contributed by atoms with van der Waals surface area (Å²) in [6.07, 6.45) is 0. The number of carbonyl (C=O) groups excluding carboxylic acids is 1. The quantitative estimate of drug-likeness (QED) is 0.639. The molecule has 1 amide bonds. The van der Waals surface area contributed by atoms with Crippen LogP contribution in [0, 0.1) is 22.7 Å². The van der Waals surface area contributed by atoms with Crippen LogP contribution in [-0.4, -0.2) is 23.2 Å². The fourth-order valence-electron chi connectivity index (χ4n) is 2.17. The molecule has 0 aliphatic heterocycles. The Labute approximate surface area is 144 Å². The molecular weight excluding hydrogens is 322 g/mol. The van der Waals surface area contributed by atoms with E-state index in [1.54, 1.807) is 0 Å². The van der Waals surface area contributed by atoms with Crippen LogP contribution in [0.5, 0.6) is 0 Å². The number of nitrogen functional groups attached to an aromatic ring is 1. The van der Waals surface area contributed by atoms with Crippen molar-refractivity contribution in [3.05, 3.63) is 41.5 Å². The third kappa shape index (κ3) is 3.83. The number of hydrogen-bond acceptors (Lipinski definition) is 6. The van der Waals surface area contributed by atoms with Crippen molar-refractivity contribution in [3.8, 4) is 23.3 Å². The Morgan fingerprint density at radius 2 is 1.92 bits per heavy atom. The minimum absolute atomic E-state index is 0.0948. The van der Waals surface area contributed by atoms with Crippen molar-refractivity contribution >= 4 is 23.5 Å². The number of anilines is 1. The van der Waals surface area contributed by atoms with Gasteiger partial charge in [0.2, 0.25) is 5.91 Å². The van der Waals surface area contributed by atoms with Gasteiger partial charge in [-0.2, -0.15) is 10.5 Å². The summed E-state index contributed by atoms with van der Waals surface area (Å²) >= 11 is 1.32. The van der Waals surface area contributed by atoms with E-state index >= 15 is 0 Å². The standard InChI is InChI=1S/C17H15N5OS/c1-11(23)21-7-8-24-17-14(10-19)15(12-5-3-2-4-6-12)13(9-18)16(20)22-17/h2-6H,7-8H2,1H3,(H2,20,22)(H,21,23). The molecule has 0 saturated carbocycles. The van der Waals surface area contributed by atoms with Crippen molar-refractivity contribution < 1.29 is 4.79 Å². The van der Waals surface area contributed by atoms with Crippen molar-refractivity contribution in [1.82, 2.24) is 10.3 Å². The lowest BCUT2D eigenvalue weighted by Gasteiger charge is -2.13. The highest BCUT2D eigenvalue weighted by molar-refractivity contribution is 7.99. The minimum atomic E-state index is -0.117. The number of thioether (sulfide) groups is 1. The number of aromatic nitrogens is 1. The second-order valence-corrected chi connectivity index (χ2v) is 5.93. The summed E-state index contributed by atoms with van der Waals surface area (Å²) < 4.78 is 0. The molecule has 0 bridgehead atoms. The predicted molar refractivity (Wildman–Crippen MR) is 92.9 cm³/mol. The summed E-state index contributed by atoms with van der Waals surface area (Å²) in [6.45, 7) is 1.89. The first-order chi connectivity index (χ1) is 11.6. The second-order valence-electron chi connectivity index (χ2n) is 4.85. The van der Waals surface area contributed by atoms with Crippen molar-refractivity contribution in [2.45, 2.75) is 11.9 Å². The first-order valence-electron chi connectivity index (χ1n) is 7.14. The number of carbonyl (C=O) groups is 1. The van der Waals surface area contributed by atoms with E-state index < -0.39 is 0 Å². The van der Waals surface area contributed by atoms with Crippen LogP contribution in [-0.2, 0) is 4.79 Å². The van der Waals surface area contributed by atoms with Crippen LogP contribution in [0.15, 0.2) is 35.4 Å². The molecule has 7 heteroatoms. The van der Waals surface area contributed by atoms with Gasteiger partial charge in [-0.1, -0.05) is 30.3 Å². The van der Waals surface area contributed by atoms with E-state index in [-0.39, 0.29) is 17.3 Å². The summed E-state index contributed by atoms with van der Waals surface area (Å²) in [6, 6.07) is 13.3. The first-order valence-corrected chi connectivity index (χ1v) is 8.13. The molecule has 0 atom stereocenters. The van der Waals surface area contributed by atoms with E-state index in [9.17, 15) is 15.3 Å². The average molecular weight is 337 g/mol. The van der Waals surface area contributed by atoms with Crippen LogP contribution in [0.1, 0.15) is 18.1 Å². The van der Waals surface area contributed by atoms with Gasteiger partial charge in [-0.3, -0.25) is 4.79 Å². The number of rotatable bonds is 5. The summed E-state index contributed by atoms with van der Waals surface area (Å²) in [5.74, 6) is 0.520. The SMILES string of the molecule is CC(=O)NCCSc1nc(N)c(C#N)c(-c2ccccc2)c1C#N. The van der Waals surface area contributed by atoms with Crippen LogP contribution in [0.2, 0.25) is 0 Å². The summed E-state index contributed by atoms with van der Waals surface area (Å²) in [5, 5.41) is 22.1. The number of nitrogens with one attached hydrogen (secondary N) is 1. The number of nitriles is 2. The van der Waals surface area contributed by atoms with Gasteiger partial charge in [-0.25, -0.2) is 4.98 Å². The molecule has 0 radical (unpaired) electrons. The Morgan fingerprint density at radius 1 is 1.25 bits per heavy atom. The molecule has 1 aromatic heterocycles. The fourth-order valence-corrected chi connectivity index (χ4v) is 3.02. The zero-order valence-corrected chi connectivity index (χ0v) is 13.9. The summed E-state index contributed by atoms with van der Waals surface area (Å²) in [7, 11) is 0. The molecule has 2 rings (SSSR count). The topological polar surface area (TPSA) is 116 Å². The zero-order chi connectivity index (χ0) is 17.5. The van der Waals surface area contributed by atoms with Gasteiger partial charge in [0, 0.05) is 24.8 Å². The molecule has 6 nitrogen and oxygen atoms in total. The highest BCUT2D eigenvalue weighted by atomic mass is 32.2. The van der Waals surface area contributed by atoms with E-state index in [1.807, 2.05) is 36.4 Å². The summed E-state index contributed by atoms with van der Waals surface area (Å²) in [4.78, 5) is 15.1. The van der Waals surface area contributed by atoms with Gasteiger partial charge in [0.25, 0.3) is 0 Å². The first kappa shape index (κ1) is 17.3. The van der Waals surface area contributed by atoms with Crippen LogP contribution in [0.3, 0.4) is 0 Å². The smallest absolute Gasteiger partial charge is 0.216 e. The lowest BCUT2D eigenvalue weighted by molar-refractivity contribution is -0.118. The van der Waals surface area contributed by atoms with Gasteiger partial charge in [0.1, 0.15) is 28.5 Å². The van der Waals surface area contributed by atoms with E-state index in [1.165, 1.54) is 18.7 Å². The number of amides is 1. The van der Waals surface area contributed by atoms with E-state index in [0.29, 0.717) is 28.5 Å². The van der Waals surface area contributed by atoms with Gasteiger partial charge in [0.05, 0.1) is 5.56 Å². The molecule has 0 aliphatic carbocycles. The lowest BCUT2D eigenvalue weighted by Crippen LogP contribution is -2.22. The van der Waals surface area contributed by atoms with Gasteiger partial charge in [-0.05, 0) is 5.56 Å². The third-order valence-corrected chi connectivity index (χ3v) is 4.17. The molecule has 1 aromatic carbocycles. The van der Waals surface area contributed by atoms with Crippen LogP contribution in [0.4, 0.5) is 5.82 Å². The van der Waals surface area contributed by atoms with E-state index in [2.05, 4.69) is 16.4 Å². The number of hydrogen-bond donors (Lipinski definition) is 2.